The van der Waals surface area contributed by atoms with E-state index in [2.05, 4.69) is 4.99 Å². The van der Waals surface area contributed by atoms with Gasteiger partial charge in [0, 0.05) is 7.05 Å². The molecule has 0 aliphatic rings. The van der Waals surface area contributed by atoms with Crippen molar-refractivity contribution in [2.75, 3.05) is 14.2 Å². The molecule has 3 rings (SSSR count). The smallest absolute Gasteiger partial charge is 0.283 e. The zero-order chi connectivity index (χ0) is 16.4. The first-order valence-electron chi connectivity index (χ1n) is 6.99. The SMILES string of the molecule is COc1ccc2c(c1)sc(=NC(=O)c1ccccc1OC)n2C. The standard InChI is InChI=1S/C17H16N2O3S/c1-19-13-9-8-11(21-2)10-15(13)23-17(19)18-16(20)12-6-4-5-7-14(12)22-3/h4-10H,1-3H3. The highest BCUT2D eigenvalue weighted by molar-refractivity contribution is 7.16. The average Bonchev–Trinajstić information content (AvgIpc) is 2.89. The van der Waals surface area contributed by atoms with Crippen LogP contribution in [-0.2, 0) is 7.05 Å². The van der Waals surface area contributed by atoms with E-state index in [0.29, 0.717) is 16.1 Å². The molecule has 0 radical (unpaired) electrons. The lowest BCUT2D eigenvalue weighted by Gasteiger charge is -2.03. The molecule has 1 amide bonds. The van der Waals surface area contributed by atoms with Crippen LogP contribution in [-0.4, -0.2) is 24.7 Å². The fraction of sp³-hybridized carbons (Fsp3) is 0.176. The number of thiazole rings is 1. The fourth-order valence-corrected chi connectivity index (χ4v) is 3.36. The van der Waals surface area contributed by atoms with E-state index >= 15 is 0 Å². The zero-order valence-corrected chi connectivity index (χ0v) is 13.9. The van der Waals surface area contributed by atoms with E-state index in [1.807, 2.05) is 35.9 Å². The second-order valence-electron chi connectivity index (χ2n) is 4.89. The van der Waals surface area contributed by atoms with Crippen molar-refractivity contribution in [3.05, 3.63) is 52.8 Å². The van der Waals surface area contributed by atoms with E-state index in [1.54, 1.807) is 25.3 Å². The molecule has 6 heteroatoms. The largest absolute Gasteiger partial charge is 0.497 e. The number of rotatable bonds is 3. The van der Waals surface area contributed by atoms with Crippen LogP contribution in [0.5, 0.6) is 11.5 Å². The molecule has 0 aliphatic carbocycles. The molecule has 0 N–H and O–H groups in total. The summed E-state index contributed by atoms with van der Waals surface area (Å²) in [5.41, 5.74) is 1.45. The Hall–Kier alpha value is -2.60. The maximum Gasteiger partial charge on any atom is 0.283 e. The Kier molecular flexibility index (Phi) is 4.16. The Labute approximate surface area is 137 Å². The third-order valence-corrected chi connectivity index (χ3v) is 4.65. The second kappa shape index (κ2) is 6.26. The molecule has 0 aliphatic heterocycles. The maximum absolute atomic E-state index is 12.5. The molecular weight excluding hydrogens is 312 g/mol. The van der Waals surface area contributed by atoms with Crippen molar-refractivity contribution in [3.8, 4) is 11.5 Å². The first-order chi connectivity index (χ1) is 11.1. The number of benzene rings is 2. The van der Waals surface area contributed by atoms with Gasteiger partial charge in [-0.15, -0.1) is 0 Å². The normalized spacial score (nSPS) is 11.7. The van der Waals surface area contributed by atoms with Crippen LogP contribution < -0.4 is 14.3 Å². The van der Waals surface area contributed by atoms with Crippen molar-refractivity contribution in [1.29, 1.82) is 0 Å². The minimum atomic E-state index is -0.323. The minimum absolute atomic E-state index is 0.323. The first kappa shape index (κ1) is 15.3. The molecule has 5 nitrogen and oxygen atoms in total. The second-order valence-corrected chi connectivity index (χ2v) is 5.90. The van der Waals surface area contributed by atoms with E-state index in [9.17, 15) is 4.79 Å². The van der Waals surface area contributed by atoms with E-state index in [1.165, 1.54) is 18.4 Å². The molecule has 0 atom stereocenters. The van der Waals surface area contributed by atoms with E-state index < -0.39 is 0 Å². The molecule has 118 valence electrons. The van der Waals surface area contributed by atoms with Gasteiger partial charge in [-0.05, 0) is 30.3 Å². The molecule has 0 saturated heterocycles. The topological polar surface area (TPSA) is 52.8 Å². The summed E-state index contributed by atoms with van der Waals surface area (Å²) in [5, 5.41) is 0. The van der Waals surface area contributed by atoms with Crippen LogP contribution in [0, 0.1) is 0 Å². The van der Waals surface area contributed by atoms with Crippen LogP contribution in [0.3, 0.4) is 0 Å². The molecule has 2 aromatic carbocycles. The van der Waals surface area contributed by atoms with Gasteiger partial charge in [0.25, 0.3) is 5.91 Å². The number of aryl methyl sites for hydroxylation is 1. The summed E-state index contributed by atoms with van der Waals surface area (Å²) in [7, 11) is 5.06. The first-order valence-corrected chi connectivity index (χ1v) is 7.81. The Morgan fingerprint density at radius 2 is 1.91 bits per heavy atom. The minimum Gasteiger partial charge on any atom is -0.497 e. The lowest BCUT2D eigenvalue weighted by Crippen LogP contribution is -2.13. The van der Waals surface area contributed by atoms with Gasteiger partial charge in [0.2, 0.25) is 0 Å². The molecule has 1 heterocycles. The van der Waals surface area contributed by atoms with Gasteiger partial charge >= 0.3 is 0 Å². The van der Waals surface area contributed by atoms with Crippen LogP contribution in [0.1, 0.15) is 10.4 Å². The Morgan fingerprint density at radius 3 is 2.65 bits per heavy atom. The summed E-state index contributed by atoms with van der Waals surface area (Å²) >= 11 is 1.44. The summed E-state index contributed by atoms with van der Waals surface area (Å²) in [6.07, 6.45) is 0. The number of nitrogens with zero attached hydrogens (tertiary/aromatic N) is 2. The van der Waals surface area contributed by atoms with E-state index in [-0.39, 0.29) is 5.91 Å². The zero-order valence-electron chi connectivity index (χ0n) is 13.1. The number of methoxy groups -OCH3 is 2. The molecule has 3 aromatic rings. The molecule has 0 unspecified atom stereocenters. The van der Waals surface area contributed by atoms with Crippen molar-refractivity contribution in [1.82, 2.24) is 4.57 Å². The third-order valence-electron chi connectivity index (χ3n) is 3.55. The molecule has 0 fully saturated rings. The van der Waals surface area contributed by atoms with Crippen molar-refractivity contribution in [3.63, 3.8) is 0 Å². The van der Waals surface area contributed by atoms with Gasteiger partial charge < -0.3 is 14.0 Å². The lowest BCUT2D eigenvalue weighted by atomic mass is 10.2. The summed E-state index contributed by atoms with van der Waals surface area (Å²) in [5.74, 6) is 0.977. The Bertz CT molecular complexity index is 940. The van der Waals surface area contributed by atoms with Gasteiger partial charge in [0.1, 0.15) is 11.5 Å². The van der Waals surface area contributed by atoms with Crippen molar-refractivity contribution < 1.29 is 14.3 Å². The number of ether oxygens (including phenoxy) is 2. The maximum atomic E-state index is 12.5. The van der Waals surface area contributed by atoms with Crippen LogP contribution in [0.25, 0.3) is 10.2 Å². The predicted octanol–water partition coefficient (Wildman–Crippen LogP) is 3.00. The Balaban J connectivity index is 2.10. The van der Waals surface area contributed by atoms with Gasteiger partial charge in [0.05, 0.1) is 30.0 Å². The molecular formula is C17H16N2O3S. The number of para-hydroxylation sites is 1. The van der Waals surface area contributed by atoms with Gasteiger partial charge in [-0.2, -0.15) is 4.99 Å². The number of hydrogen-bond acceptors (Lipinski definition) is 4. The Morgan fingerprint density at radius 1 is 1.13 bits per heavy atom. The van der Waals surface area contributed by atoms with Crippen molar-refractivity contribution in [2.24, 2.45) is 12.0 Å². The predicted molar refractivity (Wildman–Crippen MR) is 90.2 cm³/mol. The number of carbonyl (C=O) groups is 1. The molecule has 0 bridgehead atoms. The monoisotopic (exact) mass is 328 g/mol. The number of fused-ring (bicyclic) bond motifs is 1. The lowest BCUT2D eigenvalue weighted by molar-refractivity contribution is 0.0995. The summed E-state index contributed by atoms with van der Waals surface area (Å²) in [6.45, 7) is 0. The van der Waals surface area contributed by atoms with Crippen LogP contribution >= 0.6 is 11.3 Å². The molecule has 0 saturated carbocycles. The molecule has 23 heavy (non-hydrogen) atoms. The van der Waals surface area contributed by atoms with Crippen LogP contribution in [0.2, 0.25) is 0 Å². The van der Waals surface area contributed by atoms with E-state index in [0.717, 1.165) is 16.0 Å². The van der Waals surface area contributed by atoms with Gasteiger partial charge in [0.15, 0.2) is 4.80 Å². The summed E-state index contributed by atoms with van der Waals surface area (Å²) in [4.78, 5) is 17.3. The number of hydrogen-bond donors (Lipinski definition) is 0. The summed E-state index contributed by atoms with van der Waals surface area (Å²) < 4.78 is 13.4. The van der Waals surface area contributed by atoms with Gasteiger partial charge in [-0.3, -0.25) is 4.79 Å². The van der Waals surface area contributed by atoms with Crippen LogP contribution in [0.4, 0.5) is 0 Å². The number of carbonyl (C=O) groups excluding carboxylic acids is 1. The molecule has 1 aromatic heterocycles. The highest BCUT2D eigenvalue weighted by Crippen LogP contribution is 2.23. The highest BCUT2D eigenvalue weighted by atomic mass is 32.1. The third kappa shape index (κ3) is 2.85. The van der Waals surface area contributed by atoms with Crippen molar-refractivity contribution in [2.45, 2.75) is 0 Å². The fourth-order valence-electron chi connectivity index (χ4n) is 2.32. The quantitative estimate of drug-likeness (QED) is 0.743. The summed E-state index contributed by atoms with van der Waals surface area (Å²) in [6, 6.07) is 12.9. The molecule has 0 spiro atoms. The van der Waals surface area contributed by atoms with E-state index in [4.69, 9.17) is 9.47 Å². The van der Waals surface area contributed by atoms with Gasteiger partial charge in [-0.1, -0.05) is 23.5 Å². The number of aromatic nitrogens is 1. The van der Waals surface area contributed by atoms with Crippen LogP contribution in [0.15, 0.2) is 47.5 Å². The number of amides is 1. The highest BCUT2D eigenvalue weighted by Gasteiger charge is 2.12. The average molecular weight is 328 g/mol. The van der Waals surface area contributed by atoms with Gasteiger partial charge in [-0.25, -0.2) is 0 Å². The van der Waals surface area contributed by atoms with Crippen molar-refractivity contribution >= 4 is 27.5 Å².